The quantitative estimate of drug-likeness (QED) is 0.606. The van der Waals surface area contributed by atoms with E-state index in [4.69, 9.17) is 0 Å². The maximum atomic E-state index is 13.0. The lowest BCUT2D eigenvalue weighted by molar-refractivity contribution is 0.102. The fourth-order valence-electron chi connectivity index (χ4n) is 2.67. The Morgan fingerprint density at radius 2 is 1.61 bits per heavy atom. The van der Waals surface area contributed by atoms with E-state index in [1.54, 1.807) is 36.4 Å². The Labute approximate surface area is 169 Å². The second kappa shape index (κ2) is 8.50. The number of amides is 1. The van der Waals surface area contributed by atoms with E-state index in [-0.39, 0.29) is 16.4 Å². The summed E-state index contributed by atoms with van der Waals surface area (Å²) in [5.74, 6) is -0.360. The lowest BCUT2D eigenvalue weighted by Gasteiger charge is -2.19. The maximum absolute atomic E-state index is 13.0. The van der Waals surface area contributed by atoms with Gasteiger partial charge in [-0.15, -0.1) is 11.8 Å². The van der Waals surface area contributed by atoms with Crippen LogP contribution in [-0.2, 0) is 10.0 Å². The molecule has 28 heavy (non-hydrogen) atoms. The number of anilines is 2. The minimum atomic E-state index is -3.78. The first kappa shape index (κ1) is 20.0. The summed E-state index contributed by atoms with van der Waals surface area (Å²) < 4.78 is 27.1. The largest absolute Gasteiger partial charge is 0.321 e. The van der Waals surface area contributed by atoms with Crippen LogP contribution in [0.2, 0.25) is 0 Å². The molecule has 0 radical (unpaired) electrons. The van der Waals surface area contributed by atoms with Gasteiger partial charge in [-0.2, -0.15) is 0 Å². The number of hydrogen-bond donors (Lipinski definition) is 1. The minimum Gasteiger partial charge on any atom is -0.321 e. The molecule has 0 saturated carbocycles. The maximum Gasteiger partial charge on any atom is 0.264 e. The number of nitrogens with one attached hydrogen (secondary N) is 1. The molecule has 0 aliphatic heterocycles. The predicted molar refractivity (Wildman–Crippen MR) is 115 cm³/mol. The third-order valence-electron chi connectivity index (χ3n) is 4.23. The highest BCUT2D eigenvalue weighted by Gasteiger charge is 2.22. The van der Waals surface area contributed by atoms with E-state index in [2.05, 4.69) is 5.32 Å². The van der Waals surface area contributed by atoms with Crippen molar-refractivity contribution in [2.45, 2.75) is 9.79 Å². The number of sulfonamides is 1. The van der Waals surface area contributed by atoms with E-state index in [1.165, 1.54) is 35.2 Å². The molecular formula is C21H20N2O3S2. The van der Waals surface area contributed by atoms with Gasteiger partial charge in [0.15, 0.2) is 0 Å². The van der Waals surface area contributed by atoms with Gasteiger partial charge in [0.25, 0.3) is 15.9 Å². The van der Waals surface area contributed by atoms with Crippen molar-refractivity contribution >= 4 is 39.1 Å². The molecule has 1 amide bonds. The molecular weight excluding hydrogens is 392 g/mol. The van der Waals surface area contributed by atoms with Crippen LogP contribution in [0.3, 0.4) is 0 Å². The number of para-hydroxylation sites is 2. The van der Waals surface area contributed by atoms with E-state index in [9.17, 15) is 13.2 Å². The summed E-state index contributed by atoms with van der Waals surface area (Å²) in [6, 6.07) is 22.3. The van der Waals surface area contributed by atoms with Crippen LogP contribution in [0.5, 0.6) is 0 Å². The third kappa shape index (κ3) is 4.21. The zero-order chi connectivity index (χ0) is 20.1. The molecule has 0 aliphatic carbocycles. The van der Waals surface area contributed by atoms with Crippen LogP contribution in [0.15, 0.2) is 88.7 Å². The van der Waals surface area contributed by atoms with E-state index in [1.807, 2.05) is 36.6 Å². The van der Waals surface area contributed by atoms with Crippen LogP contribution in [-0.4, -0.2) is 27.6 Å². The number of carbonyl (C=O) groups excluding carboxylic acids is 1. The Balaban J connectivity index is 1.88. The molecule has 0 aliphatic rings. The van der Waals surface area contributed by atoms with Gasteiger partial charge in [0, 0.05) is 17.5 Å². The minimum absolute atomic E-state index is 0.0599. The Bertz CT molecular complexity index is 1080. The number of rotatable bonds is 6. The summed E-state index contributed by atoms with van der Waals surface area (Å²) in [4.78, 5) is 13.7. The normalized spacial score (nSPS) is 11.1. The van der Waals surface area contributed by atoms with Gasteiger partial charge in [-0.1, -0.05) is 36.4 Å². The zero-order valence-electron chi connectivity index (χ0n) is 15.5. The van der Waals surface area contributed by atoms with Gasteiger partial charge < -0.3 is 5.32 Å². The summed E-state index contributed by atoms with van der Waals surface area (Å²) >= 11 is 1.52. The van der Waals surface area contributed by atoms with E-state index >= 15 is 0 Å². The SMILES string of the molecule is CSc1ccccc1NC(=O)c1cccc(S(=O)(=O)N(C)c2ccccc2)c1. The van der Waals surface area contributed by atoms with Gasteiger partial charge in [-0.25, -0.2) is 8.42 Å². The standard InChI is InChI=1S/C21H20N2O3S2/c1-23(17-10-4-3-5-11-17)28(25,26)18-12-8-9-16(15-18)21(24)22-19-13-6-7-14-20(19)27-2/h3-15H,1-2H3,(H,22,24). The molecule has 0 unspecified atom stereocenters. The number of benzene rings is 3. The highest BCUT2D eigenvalue weighted by atomic mass is 32.2. The molecule has 7 heteroatoms. The molecule has 3 rings (SSSR count). The first-order valence-electron chi connectivity index (χ1n) is 8.52. The van der Waals surface area contributed by atoms with Gasteiger partial charge in [0.05, 0.1) is 16.3 Å². The summed E-state index contributed by atoms with van der Waals surface area (Å²) in [5.41, 5.74) is 1.51. The highest BCUT2D eigenvalue weighted by molar-refractivity contribution is 7.98. The van der Waals surface area contributed by atoms with Crippen LogP contribution in [0.4, 0.5) is 11.4 Å². The first-order valence-corrected chi connectivity index (χ1v) is 11.2. The fourth-order valence-corrected chi connectivity index (χ4v) is 4.47. The summed E-state index contributed by atoms with van der Waals surface area (Å²) in [5, 5.41) is 2.85. The monoisotopic (exact) mass is 412 g/mol. The summed E-state index contributed by atoms with van der Waals surface area (Å²) in [6.07, 6.45) is 1.93. The van der Waals surface area contributed by atoms with Gasteiger partial charge in [-0.05, 0) is 48.7 Å². The third-order valence-corrected chi connectivity index (χ3v) is 6.81. The number of thioether (sulfide) groups is 1. The second-order valence-corrected chi connectivity index (χ2v) is 8.81. The van der Waals surface area contributed by atoms with Crippen molar-refractivity contribution in [3.63, 3.8) is 0 Å². The Morgan fingerprint density at radius 3 is 2.32 bits per heavy atom. The van der Waals surface area contributed by atoms with Crippen LogP contribution >= 0.6 is 11.8 Å². The number of nitrogens with zero attached hydrogens (tertiary/aromatic N) is 1. The lowest BCUT2D eigenvalue weighted by Crippen LogP contribution is -2.26. The van der Waals surface area contributed by atoms with Crippen molar-refractivity contribution in [1.82, 2.24) is 0 Å². The van der Waals surface area contributed by atoms with E-state index < -0.39 is 10.0 Å². The molecule has 0 fully saturated rings. The van der Waals surface area contributed by atoms with Crippen LogP contribution < -0.4 is 9.62 Å². The molecule has 3 aromatic carbocycles. The lowest BCUT2D eigenvalue weighted by atomic mass is 10.2. The van der Waals surface area contributed by atoms with Gasteiger partial charge in [0.1, 0.15) is 0 Å². The molecule has 0 aromatic heterocycles. The zero-order valence-corrected chi connectivity index (χ0v) is 17.1. The highest BCUT2D eigenvalue weighted by Crippen LogP contribution is 2.26. The molecule has 0 spiro atoms. The van der Waals surface area contributed by atoms with Crippen LogP contribution in [0.25, 0.3) is 0 Å². The van der Waals surface area contributed by atoms with Crippen molar-refractivity contribution in [2.24, 2.45) is 0 Å². The Hall–Kier alpha value is -2.77. The van der Waals surface area contributed by atoms with Gasteiger partial charge in [0.2, 0.25) is 0 Å². The number of hydrogen-bond acceptors (Lipinski definition) is 4. The van der Waals surface area contributed by atoms with Crippen molar-refractivity contribution in [3.05, 3.63) is 84.4 Å². The Kier molecular flexibility index (Phi) is 6.06. The van der Waals surface area contributed by atoms with Gasteiger partial charge >= 0.3 is 0 Å². The molecule has 144 valence electrons. The molecule has 0 atom stereocenters. The van der Waals surface area contributed by atoms with Crippen LogP contribution in [0, 0.1) is 0 Å². The second-order valence-electron chi connectivity index (χ2n) is 5.99. The fraction of sp³-hybridized carbons (Fsp3) is 0.0952. The van der Waals surface area contributed by atoms with E-state index in [0.29, 0.717) is 11.4 Å². The smallest absolute Gasteiger partial charge is 0.264 e. The summed E-state index contributed by atoms with van der Waals surface area (Å²) in [6.45, 7) is 0. The molecule has 0 saturated heterocycles. The van der Waals surface area contributed by atoms with E-state index in [0.717, 1.165) is 4.90 Å². The van der Waals surface area contributed by atoms with Crippen molar-refractivity contribution in [1.29, 1.82) is 0 Å². The van der Waals surface area contributed by atoms with Crippen LogP contribution in [0.1, 0.15) is 10.4 Å². The molecule has 0 bridgehead atoms. The summed E-state index contributed by atoms with van der Waals surface area (Å²) in [7, 11) is -2.29. The predicted octanol–water partition coefficient (Wildman–Crippen LogP) is 4.49. The molecule has 1 N–H and O–H groups in total. The van der Waals surface area contributed by atoms with Crippen molar-refractivity contribution in [3.8, 4) is 0 Å². The molecule has 3 aromatic rings. The topological polar surface area (TPSA) is 66.5 Å². The Morgan fingerprint density at radius 1 is 0.929 bits per heavy atom. The molecule has 5 nitrogen and oxygen atoms in total. The van der Waals surface area contributed by atoms with Gasteiger partial charge in [-0.3, -0.25) is 9.10 Å². The average molecular weight is 413 g/mol. The number of carbonyl (C=O) groups is 1. The first-order chi connectivity index (χ1) is 13.4. The average Bonchev–Trinajstić information content (AvgIpc) is 2.74. The van der Waals surface area contributed by atoms with Crippen molar-refractivity contribution < 1.29 is 13.2 Å². The molecule has 0 heterocycles. The van der Waals surface area contributed by atoms with Crippen molar-refractivity contribution in [2.75, 3.05) is 22.9 Å².